The Bertz CT molecular complexity index is 964. The van der Waals surface area contributed by atoms with Crippen molar-refractivity contribution >= 4 is 29.9 Å². The van der Waals surface area contributed by atoms with Crippen LogP contribution in [0.5, 0.6) is 0 Å². The summed E-state index contributed by atoms with van der Waals surface area (Å²) in [6, 6.07) is 17.9. The van der Waals surface area contributed by atoms with E-state index in [9.17, 15) is 18.3 Å². The zero-order valence-corrected chi connectivity index (χ0v) is 19.5. The van der Waals surface area contributed by atoms with Gasteiger partial charge in [-0.2, -0.15) is 13.2 Å². The van der Waals surface area contributed by atoms with Gasteiger partial charge >= 0.3 is 6.18 Å². The Kier molecular flexibility index (Phi) is 10.0. The second kappa shape index (κ2) is 12.5. The molecule has 0 aliphatic rings. The molecule has 2 aromatic carbocycles. The second-order valence-corrected chi connectivity index (χ2v) is 6.93. The van der Waals surface area contributed by atoms with Gasteiger partial charge < -0.3 is 20.2 Å². The zero-order valence-electron chi connectivity index (χ0n) is 17.2. The van der Waals surface area contributed by atoms with Gasteiger partial charge in [-0.05, 0) is 35.4 Å². The highest BCUT2D eigenvalue weighted by atomic mass is 127. The lowest BCUT2D eigenvalue weighted by atomic mass is 10.1. The van der Waals surface area contributed by atoms with E-state index in [0.717, 1.165) is 23.5 Å². The van der Waals surface area contributed by atoms with Crippen LogP contribution in [-0.4, -0.2) is 24.2 Å². The number of guanidine groups is 1. The van der Waals surface area contributed by atoms with Gasteiger partial charge in [-0.1, -0.05) is 42.5 Å². The molecule has 172 valence electrons. The molecule has 0 aliphatic carbocycles. The lowest BCUT2D eigenvalue weighted by Gasteiger charge is -2.16. The summed E-state index contributed by atoms with van der Waals surface area (Å²) in [7, 11) is 0. The summed E-state index contributed by atoms with van der Waals surface area (Å²) < 4.78 is 44.1. The maximum Gasteiger partial charge on any atom is 0.416 e. The number of rotatable bonds is 8. The molecule has 5 nitrogen and oxygen atoms in total. The van der Waals surface area contributed by atoms with Crippen LogP contribution in [0, 0.1) is 0 Å². The third kappa shape index (κ3) is 8.19. The maximum absolute atomic E-state index is 12.9. The summed E-state index contributed by atoms with van der Waals surface area (Å²) in [5.41, 5.74) is 0.480. The summed E-state index contributed by atoms with van der Waals surface area (Å²) in [5, 5.41) is 16.5. The molecule has 0 amide bonds. The van der Waals surface area contributed by atoms with Gasteiger partial charge in [-0.3, -0.25) is 0 Å². The van der Waals surface area contributed by atoms with E-state index in [1.807, 2.05) is 36.4 Å². The standard InChI is InChI=1S/C23H24F3N3O2.HI/c24-23(25,26)19-9-4-6-17(14-19)15-28-22(27-12-11-20-10-5-13-31-20)29-16-21(30)18-7-2-1-3-8-18;/h1-10,13-14,21,30H,11-12,15-16H2,(H2,27,28,29);1H. The third-order valence-electron chi connectivity index (χ3n) is 4.57. The molecule has 0 spiro atoms. The van der Waals surface area contributed by atoms with E-state index in [4.69, 9.17) is 4.42 Å². The van der Waals surface area contributed by atoms with Crippen molar-refractivity contribution in [3.05, 3.63) is 95.4 Å². The number of hydrogen-bond donors (Lipinski definition) is 3. The van der Waals surface area contributed by atoms with Gasteiger partial charge in [0.2, 0.25) is 0 Å². The molecule has 1 heterocycles. The molecule has 0 aliphatic heterocycles. The van der Waals surface area contributed by atoms with Gasteiger partial charge in [0, 0.05) is 19.5 Å². The fourth-order valence-corrected chi connectivity index (χ4v) is 2.94. The molecule has 32 heavy (non-hydrogen) atoms. The van der Waals surface area contributed by atoms with Gasteiger partial charge in [-0.25, -0.2) is 4.99 Å². The number of hydrogen-bond acceptors (Lipinski definition) is 3. The molecule has 3 N–H and O–H groups in total. The predicted octanol–water partition coefficient (Wildman–Crippen LogP) is 4.93. The fourth-order valence-electron chi connectivity index (χ4n) is 2.94. The van der Waals surface area contributed by atoms with Crippen LogP contribution in [0.1, 0.15) is 28.6 Å². The minimum absolute atomic E-state index is 0. The number of furan rings is 1. The number of nitrogens with zero attached hydrogens (tertiary/aromatic N) is 1. The minimum atomic E-state index is -4.40. The van der Waals surface area contributed by atoms with E-state index in [1.165, 1.54) is 6.07 Å². The molecule has 3 aromatic rings. The Morgan fingerprint density at radius 2 is 1.78 bits per heavy atom. The summed E-state index contributed by atoms with van der Waals surface area (Å²) in [5.74, 6) is 1.19. The molecule has 1 atom stereocenters. The van der Waals surface area contributed by atoms with Crippen LogP contribution in [0.15, 0.2) is 82.4 Å². The number of aliphatic hydroxyl groups excluding tert-OH is 1. The number of aliphatic hydroxyl groups is 1. The van der Waals surface area contributed by atoms with Crippen LogP contribution in [0.2, 0.25) is 0 Å². The van der Waals surface area contributed by atoms with E-state index in [2.05, 4.69) is 15.6 Å². The van der Waals surface area contributed by atoms with Crippen LogP contribution in [0.4, 0.5) is 13.2 Å². The topological polar surface area (TPSA) is 69.8 Å². The molecule has 0 bridgehead atoms. The van der Waals surface area contributed by atoms with Crippen LogP contribution < -0.4 is 10.6 Å². The smallest absolute Gasteiger partial charge is 0.416 e. The van der Waals surface area contributed by atoms with Gasteiger partial charge in [0.15, 0.2) is 5.96 Å². The van der Waals surface area contributed by atoms with Gasteiger partial charge in [0.05, 0.1) is 24.5 Å². The Balaban J connectivity index is 0.00000363. The monoisotopic (exact) mass is 559 g/mol. The SMILES string of the molecule is I.OC(CNC(=NCc1cccc(C(F)(F)F)c1)NCCc1ccco1)c1ccccc1. The molecule has 9 heteroatoms. The van der Waals surface area contributed by atoms with Gasteiger partial charge in [0.1, 0.15) is 5.76 Å². The average Bonchev–Trinajstić information content (AvgIpc) is 3.29. The fraction of sp³-hybridized carbons (Fsp3) is 0.261. The molecule has 0 saturated carbocycles. The highest BCUT2D eigenvalue weighted by molar-refractivity contribution is 14.0. The van der Waals surface area contributed by atoms with E-state index in [-0.39, 0.29) is 37.1 Å². The summed E-state index contributed by atoms with van der Waals surface area (Å²) >= 11 is 0. The van der Waals surface area contributed by atoms with E-state index in [1.54, 1.807) is 18.4 Å². The summed E-state index contributed by atoms with van der Waals surface area (Å²) in [4.78, 5) is 4.39. The largest absolute Gasteiger partial charge is 0.469 e. The van der Waals surface area contributed by atoms with Crippen molar-refractivity contribution in [3.63, 3.8) is 0 Å². The van der Waals surface area contributed by atoms with Crippen molar-refractivity contribution in [2.45, 2.75) is 25.2 Å². The van der Waals surface area contributed by atoms with Crippen LogP contribution in [-0.2, 0) is 19.1 Å². The van der Waals surface area contributed by atoms with E-state index >= 15 is 0 Å². The zero-order chi connectivity index (χ0) is 22.1. The number of alkyl halides is 3. The minimum Gasteiger partial charge on any atom is -0.469 e. The third-order valence-corrected chi connectivity index (χ3v) is 4.57. The number of halogens is 4. The molecular formula is C23H25F3IN3O2. The normalized spacial score (nSPS) is 12.7. The van der Waals surface area contributed by atoms with Crippen molar-refractivity contribution in [1.29, 1.82) is 0 Å². The second-order valence-electron chi connectivity index (χ2n) is 6.93. The molecule has 0 saturated heterocycles. The van der Waals surface area contributed by atoms with Crippen LogP contribution >= 0.6 is 24.0 Å². The van der Waals surface area contributed by atoms with Crippen molar-refractivity contribution in [2.75, 3.05) is 13.1 Å². The Labute approximate surface area is 201 Å². The van der Waals surface area contributed by atoms with Crippen molar-refractivity contribution < 1.29 is 22.7 Å². The first-order valence-corrected chi connectivity index (χ1v) is 9.85. The van der Waals surface area contributed by atoms with E-state index in [0.29, 0.717) is 24.5 Å². The van der Waals surface area contributed by atoms with Crippen molar-refractivity contribution in [3.8, 4) is 0 Å². The van der Waals surface area contributed by atoms with Crippen molar-refractivity contribution in [2.24, 2.45) is 4.99 Å². The van der Waals surface area contributed by atoms with Crippen LogP contribution in [0.25, 0.3) is 0 Å². The Morgan fingerprint density at radius 3 is 2.47 bits per heavy atom. The highest BCUT2D eigenvalue weighted by Gasteiger charge is 2.30. The molecule has 1 aromatic heterocycles. The van der Waals surface area contributed by atoms with E-state index < -0.39 is 17.8 Å². The number of aliphatic imine (C=N–C) groups is 1. The van der Waals surface area contributed by atoms with Crippen LogP contribution in [0.3, 0.4) is 0 Å². The maximum atomic E-state index is 12.9. The molecule has 3 rings (SSSR count). The first-order valence-electron chi connectivity index (χ1n) is 9.85. The molecule has 0 radical (unpaired) electrons. The summed E-state index contributed by atoms with van der Waals surface area (Å²) in [6.45, 7) is 0.754. The lowest BCUT2D eigenvalue weighted by molar-refractivity contribution is -0.137. The average molecular weight is 559 g/mol. The predicted molar refractivity (Wildman–Crippen MR) is 128 cm³/mol. The lowest BCUT2D eigenvalue weighted by Crippen LogP contribution is -2.40. The Morgan fingerprint density at radius 1 is 1.00 bits per heavy atom. The van der Waals surface area contributed by atoms with Crippen molar-refractivity contribution in [1.82, 2.24) is 10.6 Å². The first kappa shape index (κ1) is 25.7. The molecule has 0 fully saturated rings. The Hall–Kier alpha value is -2.53. The summed E-state index contributed by atoms with van der Waals surface area (Å²) in [6.07, 6.45) is -2.96. The highest BCUT2D eigenvalue weighted by Crippen LogP contribution is 2.29. The van der Waals surface area contributed by atoms with Gasteiger partial charge in [-0.15, -0.1) is 24.0 Å². The number of benzene rings is 2. The van der Waals surface area contributed by atoms with Gasteiger partial charge in [0.25, 0.3) is 0 Å². The molecular weight excluding hydrogens is 534 g/mol. The first-order chi connectivity index (χ1) is 14.9. The quantitative estimate of drug-likeness (QED) is 0.208. The molecule has 1 unspecified atom stereocenters. The number of nitrogens with one attached hydrogen (secondary N) is 2.